The highest BCUT2D eigenvalue weighted by Gasteiger charge is 2.43. The number of halogens is 1. The average molecular weight is 377 g/mol. The third-order valence-electron chi connectivity index (χ3n) is 3.15. The number of rotatable bonds is 2. The maximum absolute atomic E-state index is 10.1. The predicted octanol–water partition coefficient (Wildman–Crippen LogP) is -0.537. The molecule has 9 heteroatoms. The van der Waals surface area contributed by atoms with Crippen LogP contribution in [0.25, 0.3) is 11.2 Å². The molecule has 8 nitrogen and oxygen atoms in total. The predicted molar refractivity (Wildman–Crippen MR) is 74.5 cm³/mol. The number of nitrogens with two attached hydrogens (primary N) is 1. The van der Waals surface area contributed by atoms with Crippen LogP contribution in [-0.4, -0.2) is 52.5 Å². The Morgan fingerprint density at radius 3 is 2.79 bits per heavy atom. The van der Waals surface area contributed by atoms with E-state index < -0.39 is 24.5 Å². The second-order valence-corrected chi connectivity index (χ2v) is 5.16. The van der Waals surface area contributed by atoms with Crippen LogP contribution in [-0.2, 0) is 4.74 Å². The number of hydrogen-bond acceptors (Lipinski definition) is 7. The maximum Gasteiger partial charge on any atom is 0.167 e. The Morgan fingerprint density at radius 1 is 1.32 bits per heavy atom. The molecule has 2 aromatic heterocycles. The fourth-order valence-electron chi connectivity index (χ4n) is 2.14. The lowest BCUT2D eigenvalue weighted by Gasteiger charge is -2.16. The van der Waals surface area contributed by atoms with E-state index >= 15 is 0 Å². The lowest BCUT2D eigenvalue weighted by Crippen LogP contribution is -2.32. The number of fused-ring (bicyclic) bond motifs is 1. The van der Waals surface area contributed by atoms with Gasteiger partial charge in [0.05, 0.1) is 12.4 Å². The van der Waals surface area contributed by atoms with Gasteiger partial charge in [-0.25, -0.2) is 15.0 Å². The van der Waals surface area contributed by atoms with Crippen LogP contribution < -0.4 is 5.73 Å². The number of ether oxygens (including phenoxy) is 1. The van der Waals surface area contributed by atoms with E-state index in [2.05, 4.69) is 37.5 Å². The topological polar surface area (TPSA) is 119 Å². The summed E-state index contributed by atoms with van der Waals surface area (Å²) in [5.74, 6) is 0.266. The molecule has 4 atom stereocenters. The maximum atomic E-state index is 10.1. The lowest BCUT2D eigenvalue weighted by molar-refractivity contribution is -0.0283. The van der Waals surface area contributed by atoms with Crippen LogP contribution in [0.3, 0.4) is 0 Å². The normalized spacial score (nSPS) is 31.1. The van der Waals surface area contributed by atoms with E-state index in [9.17, 15) is 10.2 Å². The van der Waals surface area contributed by atoms with Gasteiger partial charge in [0.2, 0.25) is 0 Å². The van der Waals surface area contributed by atoms with Gasteiger partial charge >= 0.3 is 0 Å². The van der Waals surface area contributed by atoms with E-state index in [-0.39, 0.29) is 5.82 Å². The monoisotopic (exact) mass is 377 g/mol. The Balaban J connectivity index is 2.04. The van der Waals surface area contributed by atoms with Crippen molar-refractivity contribution in [3.63, 3.8) is 0 Å². The van der Waals surface area contributed by atoms with Crippen LogP contribution >= 0.6 is 22.6 Å². The lowest BCUT2D eigenvalue weighted by atomic mass is 10.1. The summed E-state index contributed by atoms with van der Waals surface area (Å²) in [6.45, 7) is 0. The zero-order valence-electron chi connectivity index (χ0n) is 9.72. The van der Waals surface area contributed by atoms with Gasteiger partial charge < -0.3 is 20.7 Å². The van der Waals surface area contributed by atoms with Gasteiger partial charge in [0.15, 0.2) is 17.7 Å². The number of nitrogens with zero attached hydrogens (tertiary/aromatic N) is 4. The number of alkyl halides is 1. The van der Waals surface area contributed by atoms with Crippen LogP contribution in [0, 0.1) is 0 Å². The van der Waals surface area contributed by atoms with Crippen LogP contribution in [0.4, 0.5) is 5.82 Å². The summed E-state index contributed by atoms with van der Waals surface area (Å²) < 4.78 is 7.78. The molecular weight excluding hydrogens is 365 g/mol. The number of anilines is 1. The number of imidazole rings is 1. The Hall–Kier alpha value is -1.04. The van der Waals surface area contributed by atoms with Gasteiger partial charge in [0, 0.05) is 4.43 Å². The summed E-state index contributed by atoms with van der Waals surface area (Å²) in [7, 11) is 0. The highest BCUT2D eigenvalue weighted by atomic mass is 127. The first-order chi connectivity index (χ1) is 9.13. The molecule has 0 aliphatic carbocycles. The van der Waals surface area contributed by atoms with Crippen molar-refractivity contribution in [2.75, 3.05) is 10.2 Å². The van der Waals surface area contributed by atoms with Gasteiger partial charge in [0.1, 0.15) is 24.1 Å². The zero-order chi connectivity index (χ0) is 13.6. The van der Waals surface area contributed by atoms with Crippen LogP contribution in [0.2, 0.25) is 0 Å². The largest absolute Gasteiger partial charge is 0.387 e. The van der Waals surface area contributed by atoms with Crippen LogP contribution in [0.15, 0.2) is 12.7 Å². The molecule has 1 fully saturated rings. The molecule has 1 aliphatic rings. The quantitative estimate of drug-likeness (QED) is 0.475. The standard InChI is InChI=1S/C10H12IN5O3/c11-1-4-6(17)7(18)10(19-4)16-3-15-5-8(12)13-2-14-9(5)16/h2-4,6-7,10,17-18H,1H2,(H2,12,13,14)/t4-,6?,7+,10-/m1/s1. The van der Waals surface area contributed by atoms with Crippen LogP contribution in [0.1, 0.15) is 6.23 Å². The van der Waals surface area contributed by atoms with Gasteiger partial charge in [0.25, 0.3) is 0 Å². The van der Waals surface area contributed by atoms with Gasteiger partial charge in [-0.15, -0.1) is 0 Å². The van der Waals surface area contributed by atoms with Crippen molar-refractivity contribution in [2.45, 2.75) is 24.5 Å². The highest BCUT2D eigenvalue weighted by molar-refractivity contribution is 14.1. The summed E-state index contributed by atoms with van der Waals surface area (Å²) in [6.07, 6.45) is -0.312. The molecule has 3 heterocycles. The molecule has 0 spiro atoms. The summed E-state index contributed by atoms with van der Waals surface area (Å²) in [5.41, 5.74) is 6.62. The van der Waals surface area contributed by atoms with Gasteiger partial charge in [-0.1, -0.05) is 22.6 Å². The minimum Gasteiger partial charge on any atom is -0.387 e. The molecule has 4 N–H and O–H groups in total. The van der Waals surface area contributed by atoms with Crippen molar-refractivity contribution in [3.05, 3.63) is 12.7 Å². The Labute approximate surface area is 121 Å². The van der Waals surface area contributed by atoms with E-state index in [0.717, 1.165) is 0 Å². The number of hydrogen-bond donors (Lipinski definition) is 3. The molecule has 102 valence electrons. The van der Waals surface area contributed by atoms with Crippen molar-refractivity contribution in [1.29, 1.82) is 0 Å². The Bertz CT molecular complexity index is 606. The molecule has 0 radical (unpaired) electrons. The van der Waals surface area contributed by atoms with Gasteiger partial charge in [-0.2, -0.15) is 0 Å². The van der Waals surface area contributed by atoms with Crippen molar-refractivity contribution < 1.29 is 14.9 Å². The minimum atomic E-state index is -1.03. The van der Waals surface area contributed by atoms with Crippen molar-refractivity contribution in [3.8, 4) is 0 Å². The summed E-state index contributed by atoms with van der Waals surface area (Å²) in [5, 5.41) is 19.9. The number of aliphatic hydroxyl groups is 2. The SMILES string of the molecule is Nc1ncnc2c1ncn2[C@@H]1O[C@H](CI)C(O)[C@@H]1O. The number of nitrogen functional groups attached to an aromatic ring is 1. The first-order valence-corrected chi connectivity index (χ1v) is 7.16. The summed E-state index contributed by atoms with van der Waals surface area (Å²) >= 11 is 2.10. The molecule has 0 saturated carbocycles. The van der Waals surface area contributed by atoms with Gasteiger partial charge in [-0.3, -0.25) is 4.57 Å². The summed E-state index contributed by atoms with van der Waals surface area (Å²) in [4.78, 5) is 12.1. The molecular formula is C10H12IN5O3. The second-order valence-electron chi connectivity index (χ2n) is 4.28. The zero-order valence-corrected chi connectivity index (χ0v) is 11.9. The van der Waals surface area contributed by atoms with Gasteiger partial charge in [-0.05, 0) is 0 Å². The van der Waals surface area contributed by atoms with E-state index in [0.29, 0.717) is 15.6 Å². The van der Waals surface area contributed by atoms with Crippen molar-refractivity contribution in [1.82, 2.24) is 19.5 Å². The van der Waals surface area contributed by atoms with E-state index in [1.807, 2.05) is 0 Å². The molecule has 1 saturated heterocycles. The smallest absolute Gasteiger partial charge is 0.167 e. The minimum absolute atomic E-state index is 0.266. The van der Waals surface area contributed by atoms with E-state index in [4.69, 9.17) is 10.5 Å². The second kappa shape index (κ2) is 4.81. The highest BCUT2D eigenvalue weighted by Crippen LogP contribution is 2.32. The Morgan fingerprint density at radius 2 is 2.11 bits per heavy atom. The van der Waals surface area contributed by atoms with E-state index in [1.54, 1.807) is 4.57 Å². The van der Waals surface area contributed by atoms with Crippen molar-refractivity contribution >= 4 is 39.6 Å². The number of aromatic nitrogens is 4. The van der Waals surface area contributed by atoms with E-state index in [1.165, 1.54) is 12.7 Å². The molecule has 0 bridgehead atoms. The fraction of sp³-hybridized carbons (Fsp3) is 0.500. The molecule has 0 aromatic carbocycles. The fourth-order valence-corrected chi connectivity index (χ4v) is 2.87. The first kappa shape index (κ1) is 13.0. The van der Waals surface area contributed by atoms with Crippen molar-refractivity contribution in [2.24, 2.45) is 0 Å². The third-order valence-corrected chi connectivity index (χ3v) is 4.02. The first-order valence-electron chi connectivity index (χ1n) is 5.64. The number of aliphatic hydroxyl groups excluding tert-OH is 2. The molecule has 19 heavy (non-hydrogen) atoms. The van der Waals surface area contributed by atoms with Crippen LogP contribution in [0.5, 0.6) is 0 Å². The molecule has 0 amide bonds. The average Bonchev–Trinajstić information content (AvgIpc) is 2.94. The molecule has 1 unspecified atom stereocenters. The molecule has 1 aliphatic heterocycles. The Kier molecular flexibility index (Phi) is 3.28. The summed E-state index contributed by atoms with van der Waals surface area (Å²) in [6, 6.07) is 0. The third kappa shape index (κ3) is 1.96. The molecule has 3 rings (SSSR count). The molecule has 2 aromatic rings.